The summed E-state index contributed by atoms with van der Waals surface area (Å²) in [5.74, 6) is -0.270. The van der Waals surface area contributed by atoms with Gasteiger partial charge in [-0.15, -0.1) is 0 Å². The van der Waals surface area contributed by atoms with Crippen molar-refractivity contribution in [1.82, 2.24) is 4.90 Å². The van der Waals surface area contributed by atoms with Gasteiger partial charge in [-0.1, -0.05) is 13.8 Å². The molecule has 4 unspecified atom stereocenters. The molecule has 3 N–H and O–H groups in total. The first-order chi connectivity index (χ1) is 9.43. The minimum absolute atomic E-state index is 0.0810. The molecular weight excluding hydrogens is 256 g/mol. The zero-order valence-electron chi connectivity index (χ0n) is 12.4. The predicted octanol–water partition coefficient (Wildman–Crippen LogP) is 1.46. The van der Waals surface area contributed by atoms with Crippen LogP contribution in [0.4, 0.5) is 0 Å². The van der Waals surface area contributed by atoms with Crippen molar-refractivity contribution in [1.29, 1.82) is 0 Å². The molecule has 0 aliphatic carbocycles. The van der Waals surface area contributed by atoms with Gasteiger partial charge in [-0.25, -0.2) is 0 Å². The standard InChI is InChI=1S/C15H26N2O3/c1-9(2)5-10(8-16)6-14(18)17-11-3-4-13(17)12(7-11)15(19)20/h9-13H,3-8,16H2,1-2H3,(H,19,20). The van der Waals surface area contributed by atoms with Crippen molar-refractivity contribution in [2.24, 2.45) is 23.5 Å². The largest absolute Gasteiger partial charge is 0.481 e. The van der Waals surface area contributed by atoms with Crippen molar-refractivity contribution in [2.75, 3.05) is 6.54 Å². The fraction of sp³-hybridized carbons (Fsp3) is 0.867. The third-order valence-corrected chi connectivity index (χ3v) is 4.74. The maximum absolute atomic E-state index is 12.5. The molecule has 0 spiro atoms. The number of aliphatic carboxylic acids is 1. The van der Waals surface area contributed by atoms with Crippen LogP contribution in [-0.4, -0.2) is 40.5 Å². The molecule has 2 saturated heterocycles. The lowest BCUT2D eigenvalue weighted by atomic mass is 9.89. The molecule has 1 amide bonds. The van der Waals surface area contributed by atoms with Crippen LogP contribution in [-0.2, 0) is 9.59 Å². The fourth-order valence-electron chi connectivity index (χ4n) is 3.92. The maximum Gasteiger partial charge on any atom is 0.308 e. The number of nitrogens with two attached hydrogens (primary N) is 1. The summed E-state index contributed by atoms with van der Waals surface area (Å²) in [6.45, 7) is 4.79. The number of hydrogen-bond acceptors (Lipinski definition) is 3. The van der Waals surface area contributed by atoms with E-state index in [9.17, 15) is 14.7 Å². The first-order valence-corrected chi connectivity index (χ1v) is 7.68. The molecule has 2 fully saturated rings. The predicted molar refractivity (Wildman–Crippen MR) is 76.0 cm³/mol. The molecule has 0 saturated carbocycles. The van der Waals surface area contributed by atoms with Gasteiger partial charge < -0.3 is 15.7 Å². The van der Waals surface area contributed by atoms with E-state index in [1.807, 2.05) is 4.90 Å². The zero-order valence-corrected chi connectivity index (χ0v) is 12.4. The Labute approximate surface area is 120 Å². The van der Waals surface area contributed by atoms with E-state index in [2.05, 4.69) is 13.8 Å². The highest BCUT2D eigenvalue weighted by atomic mass is 16.4. The fourth-order valence-corrected chi connectivity index (χ4v) is 3.92. The lowest BCUT2D eigenvalue weighted by Gasteiger charge is -2.26. The summed E-state index contributed by atoms with van der Waals surface area (Å²) in [7, 11) is 0. The Morgan fingerprint density at radius 3 is 2.55 bits per heavy atom. The summed E-state index contributed by atoms with van der Waals surface area (Å²) in [6.07, 6.45) is 3.84. The van der Waals surface area contributed by atoms with E-state index in [-0.39, 0.29) is 29.8 Å². The van der Waals surface area contributed by atoms with Gasteiger partial charge in [0.1, 0.15) is 0 Å². The summed E-state index contributed by atoms with van der Waals surface area (Å²) in [5.41, 5.74) is 5.76. The Morgan fingerprint density at radius 1 is 1.35 bits per heavy atom. The van der Waals surface area contributed by atoms with E-state index in [1.165, 1.54) is 0 Å². The van der Waals surface area contributed by atoms with Gasteiger partial charge in [-0.2, -0.15) is 0 Å². The zero-order chi connectivity index (χ0) is 14.9. The second-order valence-electron chi connectivity index (χ2n) is 6.72. The van der Waals surface area contributed by atoms with Crippen LogP contribution in [0.25, 0.3) is 0 Å². The van der Waals surface area contributed by atoms with E-state index in [0.717, 1.165) is 19.3 Å². The molecule has 2 bridgehead atoms. The number of nitrogens with zero attached hydrogens (tertiary/aromatic N) is 1. The van der Waals surface area contributed by atoms with Gasteiger partial charge in [0.15, 0.2) is 0 Å². The number of rotatable bonds is 6. The molecule has 2 aliphatic heterocycles. The summed E-state index contributed by atoms with van der Waals surface area (Å²) in [4.78, 5) is 25.6. The lowest BCUT2D eigenvalue weighted by Crippen LogP contribution is -2.39. The highest BCUT2D eigenvalue weighted by Gasteiger charge is 2.51. The summed E-state index contributed by atoms with van der Waals surface area (Å²) >= 11 is 0. The van der Waals surface area contributed by atoms with Crippen LogP contribution < -0.4 is 5.73 Å². The second-order valence-corrected chi connectivity index (χ2v) is 6.72. The molecule has 5 heteroatoms. The van der Waals surface area contributed by atoms with E-state index in [4.69, 9.17) is 5.73 Å². The van der Waals surface area contributed by atoms with Crippen LogP contribution in [0.5, 0.6) is 0 Å². The maximum atomic E-state index is 12.5. The third-order valence-electron chi connectivity index (χ3n) is 4.74. The molecule has 114 valence electrons. The first-order valence-electron chi connectivity index (χ1n) is 7.68. The highest BCUT2D eigenvalue weighted by molar-refractivity contribution is 5.80. The molecule has 0 radical (unpaired) electrons. The molecular formula is C15H26N2O3. The van der Waals surface area contributed by atoms with Gasteiger partial charge >= 0.3 is 5.97 Å². The second kappa shape index (κ2) is 6.12. The number of carboxylic acids is 1. The van der Waals surface area contributed by atoms with Crippen molar-refractivity contribution in [3.05, 3.63) is 0 Å². The molecule has 2 rings (SSSR count). The normalized spacial score (nSPS) is 30.0. The average Bonchev–Trinajstić information content (AvgIpc) is 2.94. The number of carbonyl (C=O) groups excluding carboxylic acids is 1. The number of fused-ring (bicyclic) bond motifs is 2. The van der Waals surface area contributed by atoms with E-state index in [0.29, 0.717) is 25.3 Å². The smallest absolute Gasteiger partial charge is 0.308 e. The van der Waals surface area contributed by atoms with Crippen LogP contribution in [0.2, 0.25) is 0 Å². The first kappa shape index (κ1) is 15.3. The molecule has 0 aromatic carbocycles. The van der Waals surface area contributed by atoms with Gasteiger partial charge in [0, 0.05) is 18.5 Å². The monoisotopic (exact) mass is 282 g/mol. The van der Waals surface area contributed by atoms with Crippen LogP contribution in [0, 0.1) is 17.8 Å². The molecule has 4 atom stereocenters. The quantitative estimate of drug-likeness (QED) is 0.772. The number of amides is 1. The number of carboxylic acid groups (broad SMARTS) is 1. The van der Waals surface area contributed by atoms with E-state index in [1.54, 1.807) is 0 Å². The molecule has 0 aromatic rings. The van der Waals surface area contributed by atoms with Crippen LogP contribution >= 0.6 is 0 Å². The van der Waals surface area contributed by atoms with Gasteiger partial charge in [0.05, 0.1) is 5.92 Å². The average molecular weight is 282 g/mol. The van der Waals surface area contributed by atoms with Crippen molar-refractivity contribution < 1.29 is 14.7 Å². The molecule has 5 nitrogen and oxygen atoms in total. The summed E-state index contributed by atoms with van der Waals surface area (Å²) < 4.78 is 0. The molecule has 0 aromatic heterocycles. The Kier molecular flexibility index (Phi) is 4.68. The molecule has 2 aliphatic rings. The van der Waals surface area contributed by atoms with Crippen molar-refractivity contribution in [2.45, 2.75) is 58.0 Å². The number of carbonyl (C=O) groups is 2. The topological polar surface area (TPSA) is 83.6 Å². The Balaban J connectivity index is 1.98. The van der Waals surface area contributed by atoms with Crippen LogP contribution in [0.15, 0.2) is 0 Å². The van der Waals surface area contributed by atoms with E-state index < -0.39 is 5.97 Å². The van der Waals surface area contributed by atoms with Crippen molar-refractivity contribution in [3.8, 4) is 0 Å². The van der Waals surface area contributed by atoms with Gasteiger partial charge in [0.25, 0.3) is 0 Å². The van der Waals surface area contributed by atoms with Gasteiger partial charge in [0.2, 0.25) is 5.91 Å². The Bertz CT molecular complexity index is 383. The Morgan fingerprint density at radius 2 is 2.05 bits per heavy atom. The highest BCUT2D eigenvalue weighted by Crippen LogP contribution is 2.42. The van der Waals surface area contributed by atoms with E-state index >= 15 is 0 Å². The molecule has 20 heavy (non-hydrogen) atoms. The van der Waals surface area contributed by atoms with Crippen LogP contribution in [0.3, 0.4) is 0 Å². The van der Waals surface area contributed by atoms with Gasteiger partial charge in [-0.3, -0.25) is 9.59 Å². The Hall–Kier alpha value is -1.10. The van der Waals surface area contributed by atoms with Gasteiger partial charge in [-0.05, 0) is 44.1 Å². The molecule has 2 heterocycles. The van der Waals surface area contributed by atoms with Crippen LogP contribution in [0.1, 0.15) is 46.0 Å². The summed E-state index contributed by atoms with van der Waals surface area (Å²) in [6, 6.07) is 0.0635. The SMILES string of the molecule is CC(C)CC(CN)CC(=O)N1C2CCC1C(C(=O)O)C2. The van der Waals surface area contributed by atoms with Crippen molar-refractivity contribution >= 4 is 11.9 Å². The lowest BCUT2D eigenvalue weighted by molar-refractivity contribution is -0.143. The minimum Gasteiger partial charge on any atom is -0.481 e. The minimum atomic E-state index is -0.757. The third kappa shape index (κ3) is 2.97. The number of hydrogen-bond donors (Lipinski definition) is 2. The van der Waals surface area contributed by atoms with Crippen molar-refractivity contribution in [3.63, 3.8) is 0 Å². The summed E-state index contributed by atoms with van der Waals surface area (Å²) in [5, 5.41) is 9.22.